The van der Waals surface area contributed by atoms with Crippen molar-refractivity contribution in [1.29, 1.82) is 0 Å². The van der Waals surface area contributed by atoms with Gasteiger partial charge < -0.3 is 13.8 Å². The zero-order valence-electron chi connectivity index (χ0n) is 28.9. The van der Waals surface area contributed by atoms with Crippen LogP contribution in [0.3, 0.4) is 0 Å². The molecule has 1 aliphatic rings. The first kappa shape index (κ1) is 35.3. The van der Waals surface area contributed by atoms with Crippen LogP contribution in [-0.4, -0.2) is 88.9 Å². The van der Waals surface area contributed by atoms with Crippen molar-refractivity contribution < 1.29 is 25.8 Å². The van der Waals surface area contributed by atoms with E-state index in [0.29, 0.717) is 29.1 Å². The fourth-order valence-electron chi connectivity index (χ4n) is 6.69. The van der Waals surface area contributed by atoms with Gasteiger partial charge in [0.05, 0.1) is 12.0 Å². The Balaban J connectivity index is 1.12. The number of anilines is 1. The fourth-order valence-corrected chi connectivity index (χ4v) is 9.41. The molecule has 1 fully saturated rings. The molecule has 2 aromatic heterocycles. The summed E-state index contributed by atoms with van der Waals surface area (Å²) in [6.45, 7) is 3.59. The van der Waals surface area contributed by atoms with Crippen molar-refractivity contribution in [3.05, 3.63) is 127 Å². The van der Waals surface area contributed by atoms with Gasteiger partial charge in [0.1, 0.15) is 16.4 Å². The van der Waals surface area contributed by atoms with Crippen LogP contribution in [0.2, 0.25) is 0 Å². The van der Waals surface area contributed by atoms with Crippen LogP contribution in [0.25, 0.3) is 21.5 Å². The number of benzene rings is 4. The summed E-state index contributed by atoms with van der Waals surface area (Å²) in [7, 11) is -4.78. The number of sulfonamides is 1. The molecule has 4 aromatic carbocycles. The standard InChI is InChI=1S/C39H39N5O6S2/c1-42(51(45,46)38-7-3-5-30-26-40-19-17-36(30)38)33(28-43-21-23-44(24-22-43)32-11-15-34(49-2)16-12-32)25-29-9-13-35(14-10-29)50-52(47,48)39-8-4-6-31-27-41-20-18-37(31)39/h3-20,26-27,33H,21-25,28H2,1-2H3. The van der Waals surface area contributed by atoms with E-state index in [4.69, 9.17) is 8.92 Å². The summed E-state index contributed by atoms with van der Waals surface area (Å²) in [6, 6.07) is 27.9. The summed E-state index contributed by atoms with van der Waals surface area (Å²) in [5.41, 5.74) is 1.95. The molecule has 3 heterocycles. The Kier molecular flexibility index (Phi) is 10.1. The lowest BCUT2D eigenvalue weighted by Crippen LogP contribution is -2.52. The van der Waals surface area contributed by atoms with E-state index in [0.717, 1.165) is 48.6 Å². The molecule has 7 rings (SSSR count). The maximum absolute atomic E-state index is 14.3. The van der Waals surface area contributed by atoms with E-state index < -0.39 is 26.2 Å². The smallest absolute Gasteiger partial charge is 0.339 e. The normalized spacial score (nSPS) is 14.9. The Morgan fingerprint density at radius 2 is 1.29 bits per heavy atom. The number of ether oxygens (including phenoxy) is 1. The molecule has 6 aromatic rings. The van der Waals surface area contributed by atoms with Crippen LogP contribution in [-0.2, 0) is 26.6 Å². The van der Waals surface area contributed by atoms with Crippen molar-refractivity contribution in [3.8, 4) is 11.5 Å². The molecule has 0 bridgehead atoms. The molecule has 1 aliphatic heterocycles. The molecule has 1 unspecified atom stereocenters. The number of aromatic nitrogens is 2. The van der Waals surface area contributed by atoms with Gasteiger partial charge in [-0.2, -0.15) is 12.7 Å². The second-order valence-corrected chi connectivity index (χ2v) is 16.2. The predicted molar refractivity (Wildman–Crippen MR) is 202 cm³/mol. The minimum atomic E-state index is -4.14. The van der Waals surface area contributed by atoms with Crippen LogP contribution in [0, 0.1) is 0 Å². The summed E-state index contributed by atoms with van der Waals surface area (Å²) in [6.07, 6.45) is 6.80. The summed E-state index contributed by atoms with van der Waals surface area (Å²) in [4.78, 5) is 13.1. The van der Waals surface area contributed by atoms with Crippen molar-refractivity contribution in [2.45, 2.75) is 22.3 Å². The summed E-state index contributed by atoms with van der Waals surface area (Å²) in [5.74, 6) is 0.965. The van der Waals surface area contributed by atoms with Gasteiger partial charge in [0.2, 0.25) is 10.0 Å². The average Bonchev–Trinajstić information content (AvgIpc) is 3.17. The zero-order valence-corrected chi connectivity index (χ0v) is 30.5. The topological polar surface area (TPSA) is 122 Å². The predicted octanol–water partition coefficient (Wildman–Crippen LogP) is 5.61. The van der Waals surface area contributed by atoms with Crippen LogP contribution in [0.15, 0.2) is 132 Å². The van der Waals surface area contributed by atoms with Crippen LogP contribution in [0.1, 0.15) is 5.56 Å². The number of rotatable bonds is 12. The van der Waals surface area contributed by atoms with E-state index in [1.54, 1.807) is 99.6 Å². The maximum atomic E-state index is 14.3. The van der Waals surface area contributed by atoms with Gasteiger partial charge >= 0.3 is 10.1 Å². The second-order valence-electron chi connectivity index (χ2n) is 12.8. The first-order chi connectivity index (χ1) is 25.1. The molecule has 52 heavy (non-hydrogen) atoms. The number of methoxy groups -OCH3 is 1. The van der Waals surface area contributed by atoms with E-state index in [-0.39, 0.29) is 15.5 Å². The summed E-state index contributed by atoms with van der Waals surface area (Å²) >= 11 is 0. The number of likely N-dealkylation sites (N-methyl/N-ethyl adjacent to an activating group) is 1. The number of hydrogen-bond acceptors (Lipinski definition) is 10. The lowest BCUT2D eigenvalue weighted by atomic mass is 10.0. The maximum Gasteiger partial charge on any atom is 0.339 e. The van der Waals surface area contributed by atoms with Crippen LogP contribution < -0.4 is 13.8 Å². The number of nitrogens with zero attached hydrogens (tertiary/aromatic N) is 5. The van der Waals surface area contributed by atoms with Crippen LogP contribution in [0.4, 0.5) is 5.69 Å². The molecule has 0 saturated carbocycles. The highest BCUT2D eigenvalue weighted by molar-refractivity contribution is 7.89. The second kappa shape index (κ2) is 14.9. The third kappa shape index (κ3) is 7.44. The van der Waals surface area contributed by atoms with Gasteiger partial charge in [-0.15, -0.1) is 0 Å². The summed E-state index contributed by atoms with van der Waals surface area (Å²) in [5, 5.41) is 2.57. The van der Waals surface area contributed by atoms with E-state index in [1.807, 2.05) is 18.2 Å². The van der Waals surface area contributed by atoms with Crippen molar-refractivity contribution in [2.75, 3.05) is 51.8 Å². The molecule has 0 radical (unpaired) electrons. The van der Waals surface area contributed by atoms with E-state index >= 15 is 0 Å². The van der Waals surface area contributed by atoms with Gasteiger partial charge in [0, 0.05) is 97.8 Å². The average molecular weight is 738 g/mol. The Bertz CT molecular complexity index is 2390. The molecule has 0 spiro atoms. The van der Waals surface area contributed by atoms with Crippen molar-refractivity contribution in [3.63, 3.8) is 0 Å². The fraction of sp³-hybridized carbons (Fsp3) is 0.231. The Morgan fingerprint density at radius 3 is 1.90 bits per heavy atom. The van der Waals surface area contributed by atoms with Gasteiger partial charge in [-0.1, -0.05) is 36.4 Å². The molecule has 268 valence electrons. The quantitative estimate of drug-likeness (QED) is 0.147. The number of pyridine rings is 2. The number of hydrogen-bond donors (Lipinski definition) is 0. The van der Waals surface area contributed by atoms with Crippen LogP contribution in [0.5, 0.6) is 11.5 Å². The molecule has 0 N–H and O–H groups in total. The molecular weight excluding hydrogens is 699 g/mol. The first-order valence-corrected chi connectivity index (χ1v) is 19.8. The van der Waals surface area contributed by atoms with E-state index in [9.17, 15) is 16.8 Å². The number of fused-ring (bicyclic) bond motifs is 2. The third-order valence-electron chi connectivity index (χ3n) is 9.60. The molecule has 1 atom stereocenters. The zero-order chi connectivity index (χ0) is 36.3. The Morgan fingerprint density at radius 1 is 0.712 bits per heavy atom. The van der Waals surface area contributed by atoms with E-state index in [1.165, 1.54) is 10.4 Å². The highest BCUT2D eigenvalue weighted by Crippen LogP contribution is 2.29. The van der Waals surface area contributed by atoms with Gasteiger partial charge in [0.15, 0.2) is 0 Å². The van der Waals surface area contributed by atoms with Crippen molar-refractivity contribution in [2.24, 2.45) is 0 Å². The van der Waals surface area contributed by atoms with Gasteiger partial charge in [-0.25, -0.2) is 8.42 Å². The van der Waals surface area contributed by atoms with Crippen molar-refractivity contribution >= 4 is 47.4 Å². The third-order valence-corrected chi connectivity index (χ3v) is 12.9. The van der Waals surface area contributed by atoms with E-state index in [2.05, 4.69) is 31.9 Å². The monoisotopic (exact) mass is 737 g/mol. The molecule has 0 aliphatic carbocycles. The highest BCUT2D eigenvalue weighted by atomic mass is 32.2. The SMILES string of the molecule is COc1ccc(N2CCN(CC(Cc3ccc(OS(=O)(=O)c4cccc5cnccc45)cc3)N(C)S(=O)(=O)c3cccc4cnccc34)CC2)cc1. The van der Waals surface area contributed by atoms with Gasteiger partial charge in [-0.05, 0) is 72.6 Å². The number of piperazine rings is 1. The Labute approximate surface area is 304 Å². The molecule has 0 amide bonds. The highest BCUT2D eigenvalue weighted by Gasteiger charge is 2.32. The lowest BCUT2D eigenvalue weighted by molar-refractivity contribution is 0.200. The lowest BCUT2D eigenvalue weighted by Gasteiger charge is -2.39. The molecular formula is C39H39N5O6S2. The molecule has 11 nitrogen and oxygen atoms in total. The largest absolute Gasteiger partial charge is 0.497 e. The molecule has 1 saturated heterocycles. The Hall–Kier alpha value is -5.08. The summed E-state index contributed by atoms with van der Waals surface area (Å²) < 4.78 is 67.7. The van der Waals surface area contributed by atoms with Crippen molar-refractivity contribution in [1.82, 2.24) is 19.2 Å². The molecule has 13 heteroatoms. The minimum absolute atomic E-state index is 0.0553. The van der Waals surface area contributed by atoms with Gasteiger partial charge in [0.25, 0.3) is 0 Å². The van der Waals surface area contributed by atoms with Gasteiger partial charge in [-0.3, -0.25) is 14.9 Å². The first-order valence-electron chi connectivity index (χ1n) is 16.9. The van der Waals surface area contributed by atoms with Crippen LogP contribution >= 0.6 is 0 Å². The minimum Gasteiger partial charge on any atom is -0.497 e.